The Morgan fingerprint density at radius 2 is 1.94 bits per heavy atom. The molecule has 0 fully saturated rings. The maximum absolute atomic E-state index is 11.8. The van der Waals surface area contributed by atoms with Crippen LogP contribution in [0.5, 0.6) is 0 Å². The molecule has 2 N–H and O–H groups in total. The second kappa shape index (κ2) is 7.06. The lowest BCUT2D eigenvalue weighted by Gasteiger charge is -2.30. The van der Waals surface area contributed by atoms with Crippen molar-refractivity contribution in [1.82, 2.24) is 4.72 Å². The van der Waals surface area contributed by atoms with E-state index in [2.05, 4.69) is 4.72 Å². The van der Waals surface area contributed by atoms with Gasteiger partial charge in [-0.1, -0.05) is 20.8 Å². The molecule has 0 heterocycles. The fourth-order valence-corrected chi connectivity index (χ4v) is 2.61. The summed E-state index contributed by atoms with van der Waals surface area (Å²) in [4.78, 5) is 10.7. The first-order valence-electron chi connectivity index (χ1n) is 5.88. The Morgan fingerprint density at radius 3 is 2.33 bits per heavy atom. The highest BCUT2D eigenvalue weighted by molar-refractivity contribution is 7.89. The largest absolute Gasteiger partial charge is 0.481 e. The van der Waals surface area contributed by atoms with Crippen molar-refractivity contribution in [2.45, 2.75) is 40.2 Å². The second-order valence-corrected chi connectivity index (χ2v) is 7.02. The lowest BCUT2D eigenvalue weighted by molar-refractivity contribution is -0.138. The van der Waals surface area contributed by atoms with Crippen LogP contribution in [0, 0.1) is 5.41 Å². The number of carbonyl (C=O) groups is 1. The summed E-state index contributed by atoms with van der Waals surface area (Å²) < 4.78 is 30.9. The third-order valence-corrected chi connectivity index (χ3v) is 3.79. The van der Waals surface area contributed by atoms with Crippen LogP contribution in [0.15, 0.2) is 0 Å². The van der Waals surface area contributed by atoms with Crippen molar-refractivity contribution < 1.29 is 23.1 Å². The van der Waals surface area contributed by atoms with Gasteiger partial charge in [-0.05, 0) is 12.3 Å². The zero-order valence-corrected chi connectivity index (χ0v) is 12.2. The third-order valence-electron chi connectivity index (χ3n) is 2.45. The average molecular weight is 281 g/mol. The van der Waals surface area contributed by atoms with Crippen molar-refractivity contribution in [3.63, 3.8) is 0 Å². The van der Waals surface area contributed by atoms with Crippen LogP contribution < -0.4 is 4.72 Å². The second-order valence-electron chi connectivity index (χ2n) is 5.15. The van der Waals surface area contributed by atoms with Gasteiger partial charge in [0, 0.05) is 12.6 Å². The van der Waals surface area contributed by atoms with E-state index in [0.717, 1.165) is 0 Å². The molecule has 1 atom stereocenters. The maximum atomic E-state index is 11.8. The molecule has 0 bridgehead atoms. The smallest absolute Gasteiger partial charge is 0.304 e. The molecule has 108 valence electrons. The fraction of sp³-hybridized carbons (Fsp3) is 0.909. The van der Waals surface area contributed by atoms with Crippen molar-refractivity contribution in [3.8, 4) is 0 Å². The van der Waals surface area contributed by atoms with E-state index in [0.29, 0.717) is 6.61 Å². The lowest BCUT2D eigenvalue weighted by atomic mass is 9.85. The van der Waals surface area contributed by atoms with Gasteiger partial charge in [0.2, 0.25) is 10.0 Å². The zero-order chi connectivity index (χ0) is 14.4. The van der Waals surface area contributed by atoms with E-state index in [1.54, 1.807) is 27.7 Å². The van der Waals surface area contributed by atoms with E-state index < -0.39 is 27.4 Å². The van der Waals surface area contributed by atoms with Crippen molar-refractivity contribution in [2.24, 2.45) is 5.41 Å². The predicted octanol–water partition coefficient (Wildman–Crippen LogP) is 0.832. The van der Waals surface area contributed by atoms with Gasteiger partial charge >= 0.3 is 5.97 Å². The third kappa shape index (κ3) is 7.62. The first-order chi connectivity index (χ1) is 8.08. The molecule has 0 aliphatic heterocycles. The molecule has 18 heavy (non-hydrogen) atoms. The minimum absolute atomic E-state index is 0.107. The Bertz CT molecular complexity index is 358. The Labute approximate surface area is 109 Å². The number of carboxylic acid groups (broad SMARTS) is 1. The van der Waals surface area contributed by atoms with E-state index in [1.807, 2.05) is 0 Å². The predicted molar refractivity (Wildman–Crippen MR) is 68.9 cm³/mol. The summed E-state index contributed by atoms with van der Waals surface area (Å²) in [6.45, 7) is 7.73. The van der Waals surface area contributed by atoms with Gasteiger partial charge in [-0.15, -0.1) is 0 Å². The van der Waals surface area contributed by atoms with Crippen LogP contribution in [0.25, 0.3) is 0 Å². The Kier molecular flexibility index (Phi) is 6.80. The van der Waals surface area contributed by atoms with Crippen LogP contribution >= 0.6 is 0 Å². The van der Waals surface area contributed by atoms with Gasteiger partial charge < -0.3 is 9.84 Å². The molecule has 0 aliphatic carbocycles. The molecule has 0 aromatic carbocycles. The molecule has 0 radical (unpaired) electrons. The summed E-state index contributed by atoms with van der Waals surface area (Å²) in [7, 11) is -3.52. The summed E-state index contributed by atoms with van der Waals surface area (Å²) in [5, 5.41) is 8.80. The lowest BCUT2D eigenvalue weighted by Crippen LogP contribution is -2.46. The highest BCUT2D eigenvalue weighted by Gasteiger charge is 2.30. The number of nitrogens with one attached hydrogen (secondary N) is 1. The summed E-state index contributed by atoms with van der Waals surface area (Å²) >= 11 is 0. The van der Waals surface area contributed by atoms with E-state index in [-0.39, 0.29) is 18.8 Å². The number of ether oxygens (including phenoxy) is 1. The average Bonchev–Trinajstić information content (AvgIpc) is 2.14. The van der Waals surface area contributed by atoms with Crippen LogP contribution in [0.2, 0.25) is 0 Å². The number of hydrogen-bond donors (Lipinski definition) is 2. The maximum Gasteiger partial charge on any atom is 0.304 e. The van der Waals surface area contributed by atoms with E-state index in [9.17, 15) is 13.2 Å². The quantitative estimate of drug-likeness (QED) is 0.643. The van der Waals surface area contributed by atoms with Crippen molar-refractivity contribution in [3.05, 3.63) is 0 Å². The summed E-state index contributed by atoms with van der Waals surface area (Å²) in [6.07, 6.45) is -0.239. The molecular formula is C11H23NO5S. The van der Waals surface area contributed by atoms with Gasteiger partial charge in [-0.25, -0.2) is 13.1 Å². The molecule has 7 heteroatoms. The summed E-state index contributed by atoms with van der Waals surface area (Å²) in [6, 6.07) is -0.637. The summed E-state index contributed by atoms with van der Waals surface area (Å²) in [5.41, 5.74) is -0.461. The minimum atomic E-state index is -3.52. The van der Waals surface area contributed by atoms with Crippen LogP contribution in [0.1, 0.15) is 34.1 Å². The molecule has 0 amide bonds. The number of rotatable bonds is 8. The van der Waals surface area contributed by atoms with Crippen LogP contribution in [0.3, 0.4) is 0 Å². The number of sulfonamides is 1. The summed E-state index contributed by atoms with van der Waals surface area (Å²) in [5.74, 6) is -1.19. The molecular weight excluding hydrogens is 258 g/mol. The molecule has 0 spiro atoms. The van der Waals surface area contributed by atoms with Gasteiger partial charge in [0.15, 0.2) is 0 Å². The Balaban J connectivity index is 4.61. The van der Waals surface area contributed by atoms with Crippen LogP contribution in [0.4, 0.5) is 0 Å². The molecule has 0 aromatic heterocycles. The van der Waals surface area contributed by atoms with E-state index in [4.69, 9.17) is 9.84 Å². The first-order valence-corrected chi connectivity index (χ1v) is 7.53. The monoisotopic (exact) mass is 281 g/mol. The molecule has 0 aliphatic rings. The molecule has 0 saturated carbocycles. The van der Waals surface area contributed by atoms with Gasteiger partial charge in [-0.3, -0.25) is 4.79 Å². The number of carboxylic acids is 1. The fourth-order valence-electron chi connectivity index (χ4n) is 1.29. The molecule has 1 unspecified atom stereocenters. The standard InChI is InChI=1S/C11H23NO5S/c1-5-17-6-7-18(15,16)12-9(8-10(13)14)11(2,3)4/h9,12H,5-8H2,1-4H3,(H,13,14). The number of hydrogen-bond acceptors (Lipinski definition) is 4. The highest BCUT2D eigenvalue weighted by Crippen LogP contribution is 2.22. The Hall–Kier alpha value is -0.660. The van der Waals surface area contributed by atoms with Gasteiger partial charge in [0.25, 0.3) is 0 Å². The Morgan fingerprint density at radius 1 is 1.39 bits per heavy atom. The van der Waals surface area contributed by atoms with E-state index in [1.165, 1.54) is 0 Å². The van der Waals surface area contributed by atoms with Crippen molar-refractivity contribution >= 4 is 16.0 Å². The minimum Gasteiger partial charge on any atom is -0.481 e. The molecule has 0 saturated heterocycles. The van der Waals surface area contributed by atoms with Crippen molar-refractivity contribution in [1.29, 1.82) is 0 Å². The molecule has 6 nitrogen and oxygen atoms in total. The van der Waals surface area contributed by atoms with Gasteiger partial charge in [0.05, 0.1) is 18.8 Å². The normalized spacial score (nSPS) is 14.4. The zero-order valence-electron chi connectivity index (χ0n) is 11.4. The molecule has 0 aromatic rings. The SMILES string of the molecule is CCOCCS(=O)(=O)NC(CC(=O)O)C(C)(C)C. The first kappa shape index (κ1) is 17.3. The van der Waals surface area contributed by atoms with Gasteiger partial charge in [0.1, 0.15) is 0 Å². The van der Waals surface area contributed by atoms with Crippen LogP contribution in [-0.2, 0) is 19.6 Å². The number of aliphatic carboxylic acids is 1. The van der Waals surface area contributed by atoms with E-state index >= 15 is 0 Å². The van der Waals surface area contributed by atoms with Gasteiger partial charge in [-0.2, -0.15) is 0 Å². The highest BCUT2D eigenvalue weighted by atomic mass is 32.2. The van der Waals surface area contributed by atoms with Crippen LogP contribution in [-0.4, -0.2) is 44.5 Å². The topological polar surface area (TPSA) is 92.7 Å². The van der Waals surface area contributed by atoms with Crippen molar-refractivity contribution in [2.75, 3.05) is 19.0 Å². The molecule has 0 rings (SSSR count).